The number of hydrogen-bond acceptors (Lipinski definition) is 3. The van der Waals surface area contributed by atoms with E-state index in [1.54, 1.807) is 36.4 Å². The van der Waals surface area contributed by atoms with E-state index in [1.165, 1.54) is 19.1 Å². The van der Waals surface area contributed by atoms with Crippen molar-refractivity contribution in [3.63, 3.8) is 0 Å². The van der Waals surface area contributed by atoms with Crippen molar-refractivity contribution >= 4 is 49.1 Å². The molecule has 122 valence electrons. The normalized spacial score (nSPS) is 12.7. The van der Waals surface area contributed by atoms with E-state index in [1.807, 2.05) is 0 Å². The number of benzene rings is 2. The van der Waals surface area contributed by atoms with Gasteiger partial charge in [0.2, 0.25) is 15.9 Å². The molecule has 8 heteroatoms. The first-order chi connectivity index (χ1) is 10.8. The molecule has 0 aliphatic carbocycles. The number of rotatable bonds is 5. The molecule has 2 N–H and O–H groups in total. The zero-order valence-electron chi connectivity index (χ0n) is 12.1. The molecule has 0 aromatic heterocycles. The van der Waals surface area contributed by atoms with E-state index < -0.39 is 22.0 Å². The zero-order valence-corrected chi connectivity index (χ0v) is 15.2. The zero-order chi connectivity index (χ0) is 17.0. The maximum absolute atomic E-state index is 12.2. The van der Waals surface area contributed by atoms with E-state index in [-0.39, 0.29) is 4.90 Å². The number of anilines is 1. The first-order valence-electron chi connectivity index (χ1n) is 6.62. The third-order valence-electron chi connectivity index (χ3n) is 2.94. The van der Waals surface area contributed by atoms with Gasteiger partial charge >= 0.3 is 0 Å². The molecular weight excluding hydrogens is 404 g/mol. The molecule has 1 unspecified atom stereocenters. The maximum atomic E-state index is 12.2. The Hall–Kier alpha value is -1.41. The van der Waals surface area contributed by atoms with E-state index >= 15 is 0 Å². The quantitative estimate of drug-likeness (QED) is 0.783. The Labute approximate surface area is 148 Å². The summed E-state index contributed by atoms with van der Waals surface area (Å²) in [5.41, 5.74) is 0.497. The minimum atomic E-state index is -3.78. The summed E-state index contributed by atoms with van der Waals surface area (Å²) in [4.78, 5) is 12.2. The Morgan fingerprint density at radius 3 is 2.43 bits per heavy atom. The van der Waals surface area contributed by atoms with E-state index in [0.717, 1.165) is 4.47 Å². The van der Waals surface area contributed by atoms with Crippen LogP contribution in [-0.2, 0) is 14.8 Å². The van der Waals surface area contributed by atoms with Crippen LogP contribution in [0.1, 0.15) is 6.92 Å². The molecule has 1 atom stereocenters. The first kappa shape index (κ1) is 17.9. The van der Waals surface area contributed by atoms with Crippen LogP contribution in [0.4, 0.5) is 5.69 Å². The minimum absolute atomic E-state index is 0.0862. The van der Waals surface area contributed by atoms with Crippen molar-refractivity contribution in [2.75, 3.05) is 5.32 Å². The lowest BCUT2D eigenvalue weighted by atomic mass is 10.3. The topological polar surface area (TPSA) is 75.3 Å². The van der Waals surface area contributed by atoms with Crippen molar-refractivity contribution in [2.45, 2.75) is 17.9 Å². The van der Waals surface area contributed by atoms with E-state index in [4.69, 9.17) is 11.6 Å². The maximum Gasteiger partial charge on any atom is 0.242 e. The number of carbonyl (C=O) groups is 1. The van der Waals surface area contributed by atoms with E-state index in [2.05, 4.69) is 26.0 Å². The highest BCUT2D eigenvalue weighted by Gasteiger charge is 2.22. The Kier molecular flexibility index (Phi) is 5.80. The lowest BCUT2D eigenvalue weighted by Crippen LogP contribution is -2.41. The third-order valence-corrected chi connectivity index (χ3v) is 5.26. The summed E-state index contributed by atoms with van der Waals surface area (Å²) < 4.78 is 27.6. The smallest absolute Gasteiger partial charge is 0.242 e. The van der Waals surface area contributed by atoms with Gasteiger partial charge < -0.3 is 5.32 Å². The summed E-state index contributed by atoms with van der Waals surface area (Å²) in [6, 6.07) is 11.8. The predicted octanol–water partition coefficient (Wildman–Crippen LogP) is 3.41. The van der Waals surface area contributed by atoms with Gasteiger partial charge in [0.25, 0.3) is 0 Å². The Bertz CT molecular complexity index is 810. The van der Waals surface area contributed by atoms with Crippen LogP contribution in [0.5, 0.6) is 0 Å². The number of nitrogens with one attached hydrogen (secondary N) is 2. The minimum Gasteiger partial charge on any atom is -0.325 e. The van der Waals surface area contributed by atoms with Gasteiger partial charge in [0.15, 0.2) is 0 Å². The molecule has 0 aliphatic rings. The van der Waals surface area contributed by atoms with Crippen LogP contribution in [0, 0.1) is 0 Å². The molecule has 0 bridgehead atoms. The van der Waals surface area contributed by atoms with Crippen molar-refractivity contribution < 1.29 is 13.2 Å². The second-order valence-electron chi connectivity index (χ2n) is 4.80. The largest absolute Gasteiger partial charge is 0.325 e. The van der Waals surface area contributed by atoms with Crippen molar-refractivity contribution in [3.05, 3.63) is 58.0 Å². The number of amides is 1. The number of carbonyl (C=O) groups excluding carboxylic acids is 1. The average Bonchev–Trinajstić information content (AvgIpc) is 2.47. The summed E-state index contributed by atoms with van der Waals surface area (Å²) in [7, 11) is -3.78. The van der Waals surface area contributed by atoms with Crippen LogP contribution in [0.15, 0.2) is 57.9 Å². The lowest BCUT2D eigenvalue weighted by Gasteiger charge is -2.14. The van der Waals surface area contributed by atoms with Gasteiger partial charge in [-0.3, -0.25) is 4.79 Å². The van der Waals surface area contributed by atoms with Gasteiger partial charge in [0.1, 0.15) is 0 Å². The highest BCUT2D eigenvalue weighted by Crippen LogP contribution is 2.16. The molecule has 2 aromatic carbocycles. The van der Waals surface area contributed by atoms with Crippen LogP contribution in [0.2, 0.25) is 5.02 Å². The SMILES string of the molecule is CC(NS(=O)(=O)c1ccc(Br)cc1)C(=O)Nc1cccc(Cl)c1. The summed E-state index contributed by atoms with van der Waals surface area (Å²) in [5, 5.41) is 3.09. The van der Waals surface area contributed by atoms with E-state index in [9.17, 15) is 13.2 Å². The Morgan fingerprint density at radius 2 is 1.83 bits per heavy atom. The third kappa shape index (κ3) is 5.04. The van der Waals surface area contributed by atoms with Gasteiger partial charge in [-0.05, 0) is 49.4 Å². The van der Waals surface area contributed by atoms with Crippen LogP contribution in [-0.4, -0.2) is 20.4 Å². The molecule has 2 rings (SSSR count). The fourth-order valence-corrected chi connectivity index (χ4v) is 3.44. The molecule has 5 nitrogen and oxygen atoms in total. The van der Waals surface area contributed by atoms with Crippen molar-refractivity contribution in [1.82, 2.24) is 4.72 Å². The number of sulfonamides is 1. The molecule has 0 spiro atoms. The highest BCUT2D eigenvalue weighted by molar-refractivity contribution is 9.10. The summed E-state index contributed by atoms with van der Waals surface area (Å²) >= 11 is 9.08. The van der Waals surface area contributed by atoms with Crippen LogP contribution in [0.3, 0.4) is 0 Å². The van der Waals surface area contributed by atoms with Gasteiger partial charge in [0.05, 0.1) is 10.9 Å². The lowest BCUT2D eigenvalue weighted by molar-refractivity contribution is -0.117. The van der Waals surface area contributed by atoms with Crippen molar-refractivity contribution in [3.8, 4) is 0 Å². The summed E-state index contributed by atoms with van der Waals surface area (Å²) in [6.45, 7) is 1.47. The summed E-state index contributed by atoms with van der Waals surface area (Å²) in [6.07, 6.45) is 0. The van der Waals surface area contributed by atoms with Crippen molar-refractivity contribution in [2.24, 2.45) is 0 Å². The van der Waals surface area contributed by atoms with Crippen LogP contribution in [0.25, 0.3) is 0 Å². The van der Waals surface area contributed by atoms with Gasteiger partial charge in [-0.15, -0.1) is 0 Å². The van der Waals surface area contributed by atoms with Gasteiger partial charge in [-0.25, -0.2) is 8.42 Å². The number of halogens is 2. The molecule has 0 radical (unpaired) electrons. The molecule has 0 aliphatic heterocycles. The van der Waals surface area contributed by atoms with Gasteiger partial charge in [0, 0.05) is 15.2 Å². The molecule has 23 heavy (non-hydrogen) atoms. The molecule has 2 aromatic rings. The van der Waals surface area contributed by atoms with Crippen LogP contribution >= 0.6 is 27.5 Å². The predicted molar refractivity (Wildman–Crippen MR) is 94.0 cm³/mol. The Morgan fingerprint density at radius 1 is 1.17 bits per heavy atom. The standard InChI is InChI=1S/C15H14BrClN2O3S/c1-10(15(20)18-13-4-2-3-12(17)9-13)19-23(21,22)14-7-5-11(16)6-8-14/h2-10,19H,1H3,(H,18,20). The molecule has 0 saturated heterocycles. The molecule has 0 heterocycles. The fraction of sp³-hybridized carbons (Fsp3) is 0.133. The van der Waals surface area contributed by atoms with Crippen molar-refractivity contribution in [1.29, 1.82) is 0 Å². The van der Waals surface area contributed by atoms with E-state index in [0.29, 0.717) is 10.7 Å². The monoisotopic (exact) mass is 416 g/mol. The number of hydrogen-bond donors (Lipinski definition) is 2. The fourth-order valence-electron chi connectivity index (χ4n) is 1.78. The molecule has 0 saturated carbocycles. The Balaban J connectivity index is 2.06. The van der Waals surface area contributed by atoms with Gasteiger partial charge in [-0.1, -0.05) is 33.6 Å². The molecular formula is C15H14BrClN2O3S. The molecule has 1 amide bonds. The first-order valence-corrected chi connectivity index (χ1v) is 9.28. The van der Waals surface area contributed by atoms with Gasteiger partial charge in [-0.2, -0.15) is 4.72 Å². The average molecular weight is 418 g/mol. The second kappa shape index (κ2) is 7.44. The second-order valence-corrected chi connectivity index (χ2v) is 7.86. The van der Waals surface area contributed by atoms with Crippen LogP contribution < -0.4 is 10.0 Å². The highest BCUT2D eigenvalue weighted by atomic mass is 79.9. The molecule has 0 fully saturated rings. The summed E-state index contributed by atoms with van der Waals surface area (Å²) in [5.74, 6) is -0.479.